The first-order chi connectivity index (χ1) is 7.67. The number of hydrazine groups is 1. The van der Waals surface area contributed by atoms with Crippen molar-refractivity contribution in [2.24, 2.45) is 5.73 Å². The number of hydrogen-bond donors (Lipinski definition) is 3. The van der Waals surface area contributed by atoms with Crippen LogP contribution in [0.4, 0.5) is 0 Å². The Hall–Kier alpha value is -2.08. The maximum Gasteiger partial charge on any atom is 0.269 e. The molecule has 0 saturated carbocycles. The van der Waals surface area contributed by atoms with E-state index in [-0.39, 0.29) is 6.54 Å². The van der Waals surface area contributed by atoms with Gasteiger partial charge in [0.1, 0.15) is 5.75 Å². The standard InChI is InChI=1S/C10H13N3O3/c1-16-8-4-2-3-7(5-8)10(15)13-12-9(14)6-11/h2-5H,6,11H2,1H3,(H,12,14)(H,13,15). The first kappa shape index (κ1) is 12.0. The Kier molecular flexibility index (Phi) is 4.28. The third kappa shape index (κ3) is 3.25. The van der Waals surface area contributed by atoms with E-state index < -0.39 is 11.8 Å². The summed E-state index contributed by atoms with van der Waals surface area (Å²) in [6, 6.07) is 6.56. The van der Waals surface area contributed by atoms with Crippen LogP contribution in [0.2, 0.25) is 0 Å². The minimum atomic E-state index is -0.462. The molecule has 2 amide bonds. The van der Waals surface area contributed by atoms with E-state index in [9.17, 15) is 9.59 Å². The lowest BCUT2D eigenvalue weighted by atomic mass is 10.2. The van der Waals surface area contributed by atoms with Crippen molar-refractivity contribution >= 4 is 11.8 Å². The molecule has 0 heterocycles. The zero-order valence-electron chi connectivity index (χ0n) is 8.82. The normalized spacial score (nSPS) is 9.38. The second-order valence-corrected chi connectivity index (χ2v) is 2.94. The van der Waals surface area contributed by atoms with Crippen molar-refractivity contribution in [1.29, 1.82) is 0 Å². The van der Waals surface area contributed by atoms with E-state index in [1.54, 1.807) is 24.3 Å². The monoisotopic (exact) mass is 223 g/mol. The van der Waals surface area contributed by atoms with E-state index in [1.807, 2.05) is 0 Å². The van der Waals surface area contributed by atoms with Crippen LogP contribution in [0.5, 0.6) is 5.75 Å². The summed E-state index contributed by atoms with van der Waals surface area (Å²) in [5.74, 6) is -0.324. The molecule has 16 heavy (non-hydrogen) atoms. The smallest absolute Gasteiger partial charge is 0.269 e. The molecule has 0 unspecified atom stereocenters. The molecule has 1 aromatic rings. The van der Waals surface area contributed by atoms with E-state index in [0.717, 1.165) is 0 Å². The van der Waals surface area contributed by atoms with Crippen LogP contribution in [0.1, 0.15) is 10.4 Å². The Morgan fingerprint density at radius 2 is 2.12 bits per heavy atom. The summed E-state index contributed by atoms with van der Waals surface area (Å²) in [4.78, 5) is 22.3. The van der Waals surface area contributed by atoms with E-state index in [2.05, 4.69) is 10.9 Å². The minimum absolute atomic E-state index is 0.182. The number of ether oxygens (including phenoxy) is 1. The molecule has 0 aliphatic carbocycles. The van der Waals surface area contributed by atoms with Crippen molar-refractivity contribution in [3.63, 3.8) is 0 Å². The summed E-state index contributed by atoms with van der Waals surface area (Å²) >= 11 is 0. The van der Waals surface area contributed by atoms with Gasteiger partial charge in [0.2, 0.25) is 0 Å². The number of carbonyl (C=O) groups excluding carboxylic acids is 2. The highest BCUT2D eigenvalue weighted by Crippen LogP contribution is 2.11. The average Bonchev–Trinajstić information content (AvgIpc) is 2.35. The van der Waals surface area contributed by atoms with Gasteiger partial charge in [-0.2, -0.15) is 0 Å². The van der Waals surface area contributed by atoms with Gasteiger partial charge in [-0.25, -0.2) is 0 Å². The summed E-state index contributed by atoms with van der Waals surface area (Å²) in [5.41, 5.74) is 9.84. The fraction of sp³-hybridized carbons (Fsp3) is 0.200. The van der Waals surface area contributed by atoms with E-state index in [1.165, 1.54) is 7.11 Å². The molecule has 4 N–H and O–H groups in total. The number of benzene rings is 1. The first-order valence-electron chi connectivity index (χ1n) is 4.60. The van der Waals surface area contributed by atoms with Gasteiger partial charge in [-0.1, -0.05) is 6.07 Å². The van der Waals surface area contributed by atoms with Gasteiger partial charge in [-0.3, -0.25) is 20.4 Å². The third-order valence-corrected chi connectivity index (χ3v) is 1.83. The minimum Gasteiger partial charge on any atom is -0.497 e. The number of methoxy groups -OCH3 is 1. The molecule has 0 atom stereocenters. The predicted molar refractivity (Wildman–Crippen MR) is 57.7 cm³/mol. The highest BCUT2D eigenvalue weighted by Gasteiger charge is 2.06. The SMILES string of the molecule is COc1cccc(C(=O)NNC(=O)CN)c1. The Morgan fingerprint density at radius 3 is 2.75 bits per heavy atom. The molecule has 0 spiro atoms. The van der Waals surface area contributed by atoms with Gasteiger partial charge in [-0.05, 0) is 18.2 Å². The number of nitrogens with one attached hydrogen (secondary N) is 2. The van der Waals surface area contributed by atoms with Gasteiger partial charge >= 0.3 is 0 Å². The van der Waals surface area contributed by atoms with Crippen LogP contribution in [-0.2, 0) is 4.79 Å². The number of hydrogen-bond acceptors (Lipinski definition) is 4. The molecule has 0 saturated heterocycles. The summed E-state index contributed by atoms with van der Waals surface area (Å²) < 4.78 is 4.96. The predicted octanol–water partition coefficient (Wildman–Crippen LogP) is -0.585. The number of nitrogens with two attached hydrogens (primary N) is 1. The molecule has 0 aromatic heterocycles. The van der Waals surface area contributed by atoms with Crippen LogP contribution in [0.3, 0.4) is 0 Å². The molecule has 6 nitrogen and oxygen atoms in total. The maximum absolute atomic E-state index is 11.5. The van der Waals surface area contributed by atoms with Gasteiger partial charge in [-0.15, -0.1) is 0 Å². The topological polar surface area (TPSA) is 93.5 Å². The Labute approximate surface area is 92.7 Å². The Morgan fingerprint density at radius 1 is 1.38 bits per heavy atom. The van der Waals surface area contributed by atoms with Crippen LogP contribution < -0.4 is 21.3 Å². The molecule has 0 aliphatic rings. The zero-order chi connectivity index (χ0) is 12.0. The molecule has 0 bridgehead atoms. The van der Waals surface area contributed by atoms with Crippen molar-refractivity contribution < 1.29 is 14.3 Å². The summed E-state index contributed by atoms with van der Waals surface area (Å²) in [6.45, 7) is -0.182. The number of rotatable bonds is 3. The van der Waals surface area contributed by atoms with Crippen LogP contribution in [0, 0.1) is 0 Å². The zero-order valence-corrected chi connectivity index (χ0v) is 8.82. The van der Waals surface area contributed by atoms with Crippen molar-refractivity contribution in [3.8, 4) is 5.75 Å². The average molecular weight is 223 g/mol. The summed E-state index contributed by atoms with van der Waals surface area (Å²) in [5, 5.41) is 0. The number of carbonyl (C=O) groups is 2. The Balaban J connectivity index is 2.62. The molecule has 0 radical (unpaired) electrons. The van der Waals surface area contributed by atoms with E-state index in [4.69, 9.17) is 10.5 Å². The van der Waals surface area contributed by atoms with Gasteiger partial charge in [0, 0.05) is 5.56 Å². The molecule has 1 aromatic carbocycles. The molecule has 1 rings (SSSR count). The summed E-state index contributed by atoms with van der Waals surface area (Å²) in [6.07, 6.45) is 0. The quantitative estimate of drug-likeness (QED) is 0.597. The Bertz CT molecular complexity index is 393. The van der Waals surface area contributed by atoms with Crippen molar-refractivity contribution in [3.05, 3.63) is 29.8 Å². The van der Waals surface area contributed by atoms with Crippen molar-refractivity contribution in [1.82, 2.24) is 10.9 Å². The van der Waals surface area contributed by atoms with Crippen molar-refractivity contribution in [2.45, 2.75) is 0 Å². The van der Waals surface area contributed by atoms with E-state index >= 15 is 0 Å². The molecular formula is C10H13N3O3. The van der Waals surface area contributed by atoms with Crippen molar-refractivity contribution in [2.75, 3.05) is 13.7 Å². The second-order valence-electron chi connectivity index (χ2n) is 2.94. The van der Waals surface area contributed by atoms with Gasteiger partial charge < -0.3 is 10.5 Å². The largest absolute Gasteiger partial charge is 0.497 e. The lowest BCUT2D eigenvalue weighted by Gasteiger charge is -2.07. The van der Waals surface area contributed by atoms with Gasteiger partial charge in [0.15, 0.2) is 0 Å². The lowest BCUT2D eigenvalue weighted by Crippen LogP contribution is -2.44. The fourth-order valence-electron chi connectivity index (χ4n) is 1.01. The van der Waals surface area contributed by atoms with Gasteiger partial charge in [0.25, 0.3) is 11.8 Å². The van der Waals surface area contributed by atoms with Crippen LogP contribution in [-0.4, -0.2) is 25.5 Å². The third-order valence-electron chi connectivity index (χ3n) is 1.83. The summed E-state index contributed by atoms with van der Waals surface area (Å²) in [7, 11) is 1.51. The molecular weight excluding hydrogens is 210 g/mol. The molecule has 6 heteroatoms. The first-order valence-corrected chi connectivity index (χ1v) is 4.60. The van der Waals surface area contributed by atoms with Crippen LogP contribution in [0.15, 0.2) is 24.3 Å². The van der Waals surface area contributed by atoms with Gasteiger partial charge in [0.05, 0.1) is 13.7 Å². The lowest BCUT2D eigenvalue weighted by molar-refractivity contribution is -0.120. The molecule has 0 aliphatic heterocycles. The van der Waals surface area contributed by atoms with E-state index in [0.29, 0.717) is 11.3 Å². The second kappa shape index (κ2) is 5.72. The maximum atomic E-state index is 11.5. The highest BCUT2D eigenvalue weighted by atomic mass is 16.5. The van der Waals surface area contributed by atoms with Crippen LogP contribution in [0.25, 0.3) is 0 Å². The molecule has 86 valence electrons. The fourth-order valence-corrected chi connectivity index (χ4v) is 1.01. The highest BCUT2D eigenvalue weighted by molar-refractivity contribution is 5.95. The number of amides is 2. The molecule has 0 fully saturated rings. The van der Waals surface area contributed by atoms with Crippen LogP contribution >= 0.6 is 0 Å².